The van der Waals surface area contributed by atoms with E-state index in [1.807, 2.05) is 0 Å². The predicted molar refractivity (Wildman–Crippen MR) is 65.0 cm³/mol. The summed E-state index contributed by atoms with van der Waals surface area (Å²) in [6.45, 7) is 6.33. The van der Waals surface area contributed by atoms with Gasteiger partial charge in [0.2, 0.25) is 0 Å². The fraction of sp³-hybridized carbons (Fsp3) is 0.385. The van der Waals surface area contributed by atoms with Gasteiger partial charge < -0.3 is 10.3 Å². The van der Waals surface area contributed by atoms with E-state index in [-0.39, 0.29) is 0 Å². The number of fused-ring (bicyclic) bond motifs is 1. The number of benzene rings is 1. The topological polar surface area (TPSA) is 27.8 Å². The Bertz CT molecular complexity index is 443. The van der Waals surface area contributed by atoms with Crippen molar-refractivity contribution in [2.24, 2.45) is 0 Å². The predicted octanol–water partition coefficient (Wildman–Crippen LogP) is 2.98. The summed E-state index contributed by atoms with van der Waals surface area (Å²) < 4.78 is 0. The molecule has 2 rings (SSSR count). The van der Waals surface area contributed by atoms with E-state index in [0.717, 1.165) is 13.1 Å². The molecule has 1 aromatic heterocycles. The molecule has 2 aromatic rings. The van der Waals surface area contributed by atoms with Crippen molar-refractivity contribution in [1.29, 1.82) is 0 Å². The lowest BCUT2D eigenvalue weighted by Gasteiger charge is -1.99. The van der Waals surface area contributed by atoms with Crippen LogP contribution in [0.1, 0.15) is 24.6 Å². The van der Waals surface area contributed by atoms with E-state index >= 15 is 0 Å². The third kappa shape index (κ3) is 2.21. The zero-order valence-corrected chi connectivity index (χ0v) is 9.43. The molecule has 0 aliphatic carbocycles. The van der Waals surface area contributed by atoms with E-state index in [0.29, 0.717) is 0 Å². The van der Waals surface area contributed by atoms with Crippen molar-refractivity contribution in [3.8, 4) is 0 Å². The summed E-state index contributed by atoms with van der Waals surface area (Å²) in [6.07, 6.45) is 1.18. The number of hydrogen-bond donors (Lipinski definition) is 2. The van der Waals surface area contributed by atoms with Gasteiger partial charge in [-0.1, -0.05) is 25.1 Å². The molecule has 0 spiro atoms. The average Bonchev–Trinajstić information content (AvgIpc) is 2.63. The second-order valence-corrected chi connectivity index (χ2v) is 4.01. The molecule has 15 heavy (non-hydrogen) atoms. The molecule has 2 heteroatoms. The summed E-state index contributed by atoms with van der Waals surface area (Å²) in [5.74, 6) is 0. The normalized spacial score (nSPS) is 11.1. The van der Waals surface area contributed by atoms with Crippen LogP contribution in [-0.4, -0.2) is 11.5 Å². The minimum atomic E-state index is 0.932. The fourth-order valence-corrected chi connectivity index (χ4v) is 1.86. The molecule has 2 nitrogen and oxygen atoms in total. The second kappa shape index (κ2) is 4.49. The second-order valence-electron chi connectivity index (χ2n) is 4.01. The molecule has 0 unspecified atom stereocenters. The van der Waals surface area contributed by atoms with E-state index in [4.69, 9.17) is 0 Å². The van der Waals surface area contributed by atoms with E-state index in [9.17, 15) is 0 Å². The molecule has 80 valence electrons. The van der Waals surface area contributed by atoms with Gasteiger partial charge >= 0.3 is 0 Å². The van der Waals surface area contributed by atoms with Crippen LogP contribution in [0, 0.1) is 6.92 Å². The molecule has 1 aromatic carbocycles. The number of H-pyrrole nitrogens is 1. The van der Waals surface area contributed by atoms with Gasteiger partial charge in [0.15, 0.2) is 0 Å². The highest BCUT2D eigenvalue weighted by atomic mass is 14.9. The van der Waals surface area contributed by atoms with Crippen LogP contribution >= 0.6 is 0 Å². The number of aromatic nitrogens is 1. The van der Waals surface area contributed by atoms with Crippen molar-refractivity contribution < 1.29 is 0 Å². The highest BCUT2D eigenvalue weighted by molar-refractivity contribution is 5.83. The summed E-state index contributed by atoms with van der Waals surface area (Å²) in [6, 6.07) is 8.63. The zero-order chi connectivity index (χ0) is 10.7. The number of aryl methyl sites for hydroxylation is 1. The smallest absolute Gasteiger partial charge is 0.0486 e. The first-order chi connectivity index (χ1) is 7.31. The quantitative estimate of drug-likeness (QED) is 0.733. The molecule has 0 atom stereocenters. The van der Waals surface area contributed by atoms with Crippen molar-refractivity contribution in [1.82, 2.24) is 10.3 Å². The summed E-state index contributed by atoms with van der Waals surface area (Å²) in [4.78, 5) is 3.46. The monoisotopic (exact) mass is 202 g/mol. The van der Waals surface area contributed by atoms with Gasteiger partial charge in [0.25, 0.3) is 0 Å². The Morgan fingerprint density at radius 2 is 2.20 bits per heavy atom. The number of aromatic amines is 1. The maximum atomic E-state index is 3.46. The van der Waals surface area contributed by atoms with Crippen molar-refractivity contribution in [3.05, 3.63) is 35.5 Å². The first-order valence-corrected chi connectivity index (χ1v) is 5.59. The first kappa shape index (κ1) is 10.2. The number of para-hydroxylation sites is 1. The van der Waals surface area contributed by atoms with Crippen LogP contribution in [0.15, 0.2) is 24.3 Å². The Balaban J connectivity index is 2.20. The third-order valence-corrected chi connectivity index (χ3v) is 2.66. The third-order valence-electron chi connectivity index (χ3n) is 2.66. The van der Waals surface area contributed by atoms with Crippen molar-refractivity contribution >= 4 is 10.9 Å². The molecule has 0 aliphatic rings. The zero-order valence-electron chi connectivity index (χ0n) is 9.43. The van der Waals surface area contributed by atoms with Crippen molar-refractivity contribution in [2.75, 3.05) is 6.54 Å². The first-order valence-electron chi connectivity index (χ1n) is 5.59. The highest BCUT2D eigenvalue weighted by Gasteiger charge is 2.01. The lowest BCUT2D eigenvalue weighted by atomic mass is 10.2. The standard InChI is InChI=1S/C13H18N2/c1-3-7-14-9-12-8-11-6-4-5-10(2)13(11)15-12/h4-6,8,14-15H,3,7,9H2,1-2H3. The average molecular weight is 202 g/mol. The Morgan fingerprint density at radius 1 is 1.33 bits per heavy atom. The fourth-order valence-electron chi connectivity index (χ4n) is 1.86. The molecule has 0 saturated heterocycles. The molecule has 0 fully saturated rings. The maximum absolute atomic E-state index is 3.46. The summed E-state index contributed by atoms with van der Waals surface area (Å²) >= 11 is 0. The molecule has 0 bridgehead atoms. The Morgan fingerprint density at radius 3 is 2.93 bits per heavy atom. The number of rotatable bonds is 4. The van der Waals surface area contributed by atoms with Crippen LogP contribution in [0.4, 0.5) is 0 Å². The lowest BCUT2D eigenvalue weighted by Crippen LogP contribution is -2.13. The Kier molecular flexibility index (Phi) is 3.07. The van der Waals surface area contributed by atoms with Gasteiger partial charge in [-0.25, -0.2) is 0 Å². The van der Waals surface area contributed by atoms with Gasteiger partial charge in [-0.05, 0) is 36.9 Å². The van der Waals surface area contributed by atoms with Crippen LogP contribution in [-0.2, 0) is 6.54 Å². The van der Waals surface area contributed by atoms with Crippen LogP contribution in [0.2, 0.25) is 0 Å². The van der Waals surface area contributed by atoms with Gasteiger partial charge in [-0.15, -0.1) is 0 Å². The van der Waals surface area contributed by atoms with E-state index in [1.165, 1.54) is 28.6 Å². The highest BCUT2D eigenvalue weighted by Crippen LogP contribution is 2.18. The summed E-state index contributed by atoms with van der Waals surface area (Å²) in [5, 5.41) is 4.71. The largest absolute Gasteiger partial charge is 0.357 e. The molecular weight excluding hydrogens is 184 g/mol. The van der Waals surface area contributed by atoms with Crippen LogP contribution in [0.3, 0.4) is 0 Å². The molecule has 1 heterocycles. The molecule has 0 saturated carbocycles. The molecular formula is C13H18N2. The van der Waals surface area contributed by atoms with Crippen LogP contribution in [0.25, 0.3) is 10.9 Å². The molecule has 0 aliphatic heterocycles. The van der Waals surface area contributed by atoms with Gasteiger partial charge in [-0.2, -0.15) is 0 Å². The molecule has 2 N–H and O–H groups in total. The van der Waals surface area contributed by atoms with E-state index in [1.54, 1.807) is 0 Å². The minimum Gasteiger partial charge on any atom is -0.357 e. The number of hydrogen-bond acceptors (Lipinski definition) is 1. The van der Waals surface area contributed by atoms with Gasteiger partial charge in [0, 0.05) is 17.8 Å². The summed E-state index contributed by atoms with van der Waals surface area (Å²) in [5.41, 5.74) is 3.85. The van der Waals surface area contributed by atoms with Gasteiger partial charge in [0.1, 0.15) is 0 Å². The molecule has 0 radical (unpaired) electrons. The van der Waals surface area contributed by atoms with Gasteiger partial charge in [-0.3, -0.25) is 0 Å². The lowest BCUT2D eigenvalue weighted by molar-refractivity contribution is 0.667. The van der Waals surface area contributed by atoms with Crippen molar-refractivity contribution in [2.45, 2.75) is 26.8 Å². The minimum absolute atomic E-state index is 0.932. The number of nitrogens with one attached hydrogen (secondary N) is 2. The van der Waals surface area contributed by atoms with Crippen LogP contribution < -0.4 is 5.32 Å². The van der Waals surface area contributed by atoms with Gasteiger partial charge in [0.05, 0.1) is 0 Å². The Labute approximate surface area is 90.7 Å². The summed E-state index contributed by atoms with van der Waals surface area (Å²) in [7, 11) is 0. The molecule has 0 amide bonds. The Hall–Kier alpha value is -1.28. The maximum Gasteiger partial charge on any atom is 0.0486 e. The SMILES string of the molecule is CCCNCc1cc2cccc(C)c2[nH]1. The van der Waals surface area contributed by atoms with E-state index < -0.39 is 0 Å². The van der Waals surface area contributed by atoms with Crippen molar-refractivity contribution in [3.63, 3.8) is 0 Å². The van der Waals surface area contributed by atoms with Crippen LogP contribution in [0.5, 0.6) is 0 Å². The van der Waals surface area contributed by atoms with E-state index in [2.05, 4.69) is 48.4 Å².